The number of amides is 1. The Morgan fingerprint density at radius 1 is 1.11 bits per heavy atom. The molecule has 27 heavy (non-hydrogen) atoms. The number of piperidine rings is 1. The van der Waals surface area contributed by atoms with Crippen molar-refractivity contribution in [2.24, 2.45) is 0 Å². The highest BCUT2D eigenvalue weighted by Crippen LogP contribution is 2.29. The van der Waals surface area contributed by atoms with Crippen molar-refractivity contribution in [1.29, 1.82) is 0 Å². The highest BCUT2D eigenvalue weighted by molar-refractivity contribution is 5.79. The zero-order valence-electron chi connectivity index (χ0n) is 14.8. The van der Waals surface area contributed by atoms with Crippen molar-refractivity contribution in [3.05, 3.63) is 71.9 Å². The SMILES string of the molecule is O=C(Cc1ccccc1)N1CCC[C@H](c2nnc(-c3ccccc3F)o2)C1. The summed E-state index contributed by atoms with van der Waals surface area (Å²) in [5.74, 6) is 0.323. The quantitative estimate of drug-likeness (QED) is 0.705. The van der Waals surface area contributed by atoms with E-state index in [4.69, 9.17) is 4.42 Å². The van der Waals surface area contributed by atoms with Crippen LogP contribution in [0.4, 0.5) is 4.39 Å². The maximum atomic E-state index is 13.9. The van der Waals surface area contributed by atoms with E-state index in [0.29, 0.717) is 24.4 Å². The molecule has 138 valence electrons. The predicted molar refractivity (Wildman–Crippen MR) is 98.4 cm³/mol. The summed E-state index contributed by atoms with van der Waals surface area (Å²) in [6.45, 7) is 1.28. The van der Waals surface area contributed by atoms with Gasteiger partial charge in [-0.25, -0.2) is 4.39 Å². The number of likely N-dealkylation sites (tertiary alicyclic amines) is 1. The van der Waals surface area contributed by atoms with E-state index in [-0.39, 0.29) is 17.7 Å². The van der Waals surface area contributed by atoms with E-state index in [1.807, 2.05) is 35.2 Å². The highest BCUT2D eigenvalue weighted by Gasteiger charge is 2.28. The molecule has 1 aliphatic heterocycles. The maximum absolute atomic E-state index is 13.9. The van der Waals surface area contributed by atoms with Gasteiger partial charge in [-0.15, -0.1) is 10.2 Å². The molecule has 0 saturated carbocycles. The lowest BCUT2D eigenvalue weighted by molar-refractivity contribution is -0.131. The number of carbonyl (C=O) groups excluding carboxylic acids is 1. The number of hydrogen-bond acceptors (Lipinski definition) is 4. The monoisotopic (exact) mass is 365 g/mol. The Morgan fingerprint density at radius 2 is 1.89 bits per heavy atom. The lowest BCUT2D eigenvalue weighted by atomic mass is 9.97. The largest absolute Gasteiger partial charge is 0.420 e. The number of hydrogen-bond donors (Lipinski definition) is 0. The van der Waals surface area contributed by atoms with E-state index in [1.54, 1.807) is 18.2 Å². The first-order chi connectivity index (χ1) is 13.2. The third-order valence-electron chi connectivity index (χ3n) is 4.87. The molecule has 5 nitrogen and oxygen atoms in total. The number of halogens is 1. The van der Waals surface area contributed by atoms with Gasteiger partial charge in [-0.3, -0.25) is 4.79 Å². The molecule has 3 aromatic rings. The van der Waals surface area contributed by atoms with Gasteiger partial charge in [0.15, 0.2) is 0 Å². The topological polar surface area (TPSA) is 59.2 Å². The Labute approximate surface area is 156 Å². The van der Waals surface area contributed by atoms with Crippen molar-refractivity contribution in [1.82, 2.24) is 15.1 Å². The molecule has 6 heteroatoms. The average molecular weight is 365 g/mol. The molecule has 1 fully saturated rings. The van der Waals surface area contributed by atoms with Crippen molar-refractivity contribution in [3.63, 3.8) is 0 Å². The molecular weight excluding hydrogens is 345 g/mol. The van der Waals surface area contributed by atoms with Gasteiger partial charge in [0.2, 0.25) is 11.8 Å². The summed E-state index contributed by atoms with van der Waals surface area (Å²) in [4.78, 5) is 14.5. The molecular formula is C21H20FN3O2. The fraction of sp³-hybridized carbons (Fsp3) is 0.286. The first-order valence-electron chi connectivity index (χ1n) is 9.10. The lowest BCUT2D eigenvalue weighted by Gasteiger charge is -2.31. The summed E-state index contributed by atoms with van der Waals surface area (Å²) in [6, 6.07) is 16.0. The summed E-state index contributed by atoms with van der Waals surface area (Å²) in [7, 11) is 0. The van der Waals surface area contributed by atoms with Crippen LogP contribution in [-0.4, -0.2) is 34.1 Å². The lowest BCUT2D eigenvalue weighted by Crippen LogP contribution is -2.40. The molecule has 0 radical (unpaired) electrons. The van der Waals surface area contributed by atoms with Crippen LogP contribution < -0.4 is 0 Å². The van der Waals surface area contributed by atoms with E-state index in [1.165, 1.54) is 6.07 Å². The van der Waals surface area contributed by atoms with Crippen LogP contribution in [0.5, 0.6) is 0 Å². The molecule has 2 aromatic carbocycles. The van der Waals surface area contributed by atoms with Gasteiger partial charge >= 0.3 is 0 Å². The summed E-state index contributed by atoms with van der Waals surface area (Å²) >= 11 is 0. The van der Waals surface area contributed by atoms with Crippen molar-refractivity contribution in [3.8, 4) is 11.5 Å². The van der Waals surface area contributed by atoms with Crippen molar-refractivity contribution < 1.29 is 13.6 Å². The van der Waals surface area contributed by atoms with Crippen LogP contribution in [0.3, 0.4) is 0 Å². The van der Waals surface area contributed by atoms with Crippen LogP contribution in [0.2, 0.25) is 0 Å². The molecule has 1 saturated heterocycles. The zero-order valence-corrected chi connectivity index (χ0v) is 14.8. The minimum absolute atomic E-state index is 0.0218. The van der Waals surface area contributed by atoms with Crippen LogP contribution in [0.25, 0.3) is 11.5 Å². The number of rotatable bonds is 4. The minimum atomic E-state index is -0.393. The fourth-order valence-corrected chi connectivity index (χ4v) is 3.43. The Kier molecular flexibility index (Phi) is 4.96. The fourth-order valence-electron chi connectivity index (χ4n) is 3.43. The maximum Gasteiger partial charge on any atom is 0.250 e. The van der Waals surface area contributed by atoms with Crippen molar-refractivity contribution in [2.75, 3.05) is 13.1 Å². The summed E-state index contributed by atoms with van der Waals surface area (Å²) in [6.07, 6.45) is 2.13. The van der Waals surface area contributed by atoms with Gasteiger partial charge in [0.1, 0.15) is 5.82 Å². The highest BCUT2D eigenvalue weighted by atomic mass is 19.1. The molecule has 0 N–H and O–H groups in total. The van der Waals surface area contributed by atoms with Crippen molar-refractivity contribution in [2.45, 2.75) is 25.2 Å². The van der Waals surface area contributed by atoms with Gasteiger partial charge in [0.25, 0.3) is 5.89 Å². The molecule has 4 rings (SSSR count). The Bertz CT molecular complexity index is 926. The molecule has 1 amide bonds. The molecule has 0 unspecified atom stereocenters. The van der Waals surface area contributed by atoms with Gasteiger partial charge in [-0.2, -0.15) is 0 Å². The van der Waals surface area contributed by atoms with Crippen LogP contribution in [-0.2, 0) is 11.2 Å². The third kappa shape index (κ3) is 3.89. The normalized spacial score (nSPS) is 17.1. The standard InChI is InChI=1S/C21H20FN3O2/c22-18-11-5-4-10-17(18)21-24-23-20(27-21)16-9-6-12-25(14-16)19(26)13-15-7-2-1-3-8-15/h1-5,7-8,10-11,16H,6,9,12-14H2/t16-/m0/s1. The van der Waals surface area contributed by atoms with Gasteiger partial charge in [0.05, 0.1) is 17.9 Å². The number of aromatic nitrogens is 2. The molecule has 1 aliphatic rings. The van der Waals surface area contributed by atoms with E-state index < -0.39 is 5.82 Å². The second kappa shape index (κ2) is 7.70. The summed E-state index contributed by atoms with van der Waals surface area (Å²) in [5, 5.41) is 8.11. The van der Waals surface area contributed by atoms with Crippen molar-refractivity contribution >= 4 is 5.91 Å². The van der Waals surface area contributed by atoms with E-state index >= 15 is 0 Å². The van der Waals surface area contributed by atoms with E-state index in [9.17, 15) is 9.18 Å². The zero-order chi connectivity index (χ0) is 18.6. The van der Waals surface area contributed by atoms with Crippen LogP contribution in [0.1, 0.15) is 30.2 Å². The second-order valence-electron chi connectivity index (χ2n) is 6.77. The smallest absolute Gasteiger partial charge is 0.250 e. The van der Waals surface area contributed by atoms with E-state index in [0.717, 1.165) is 24.9 Å². The first kappa shape index (κ1) is 17.4. The average Bonchev–Trinajstić information content (AvgIpc) is 3.19. The minimum Gasteiger partial charge on any atom is -0.420 e. The van der Waals surface area contributed by atoms with Crippen LogP contribution >= 0.6 is 0 Å². The third-order valence-corrected chi connectivity index (χ3v) is 4.87. The summed E-state index contributed by atoms with van der Waals surface area (Å²) in [5.41, 5.74) is 1.30. The van der Waals surface area contributed by atoms with Crippen LogP contribution in [0, 0.1) is 5.82 Å². The first-order valence-corrected chi connectivity index (χ1v) is 9.10. The Morgan fingerprint density at radius 3 is 2.70 bits per heavy atom. The van der Waals surface area contributed by atoms with Crippen LogP contribution in [0.15, 0.2) is 59.0 Å². The van der Waals surface area contributed by atoms with E-state index in [2.05, 4.69) is 10.2 Å². The van der Waals surface area contributed by atoms with Gasteiger partial charge in [-0.1, -0.05) is 42.5 Å². The number of nitrogens with zero attached hydrogens (tertiary/aromatic N) is 3. The number of benzene rings is 2. The van der Waals surface area contributed by atoms with Gasteiger partial charge in [0, 0.05) is 13.1 Å². The molecule has 0 bridgehead atoms. The number of carbonyl (C=O) groups is 1. The molecule has 2 heterocycles. The predicted octanol–water partition coefficient (Wildman–Crippen LogP) is 3.82. The molecule has 0 aliphatic carbocycles. The molecule has 1 aromatic heterocycles. The second-order valence-corrected chi connectivity index (χ2v) is 6.77. The van der Waals surface area contributed by atoms with Gasteiger partial charge in [-0.05, 0) is 30.5 Å². The Balaban J connectivity index is 1.46. The Hall–Kier alpha value is -3.02. The molecule has 0 spiro atoms. The molecule has 1 atom stereocenters. The van der Waals surface area contributed by atoms with Gasteiger partial charge < -0.3 is 9.32 Å². The summed E-state index contributed by atoms with van der Waals surface area (Å²) < 4.78 is 19.7.